The van der Waals surface area contributed by atoms with Crippen LogP contribution in [0.2, 0.25) is 0 Å². The summed E-state index contributed by atoms with van der Waals surface area (Å²) in [5, 5.41) is 0. The van der Waals surface area contributed by atoms with Crippen molar-refractivity contribution in [3.05, 3.63) is 24.4 Å². The van der Waals surface area contributed by atoms with Gasteiger partial charge in [-0.25, -0.2) is 4.98 Å². The van der Waals surface area contributed by atoms with Gasteiger partial charge < -0.3 is 4.74 Å². The molecule has 0 radical (unpaired) electrons. The summed E-state index contributed by atoms with van der Waals surface area (Å²) < 4.78 is 6.09. The monoisotopic (exact) mass is 232 g/mol. The lowest BCUT2D eigenvalue weighted by Crippen LogP contribution is -2.40. The van der Waals surface area contributed by atoms with E-state index in [1.165, 1.54) is 19.4 Å². The molecule has 1 saturated carbocycles. The number of fused-ring (bicyclic) bond motifs is 2. The Morgan fingerprint density at radius 2 is 2.24 bits per heavy atom. The zero-order valence-electron chi connectivity index (χ0n) is 10.5. The Labute approximate surface area is 103 Å². The van der Waals surface area contributed by atoms with Gasteiger partial charge in [0.25, 0.3) is 0 Å². The summed E-state index contributed by atoms with van der Waals surface area (Å²) in [6, 6.07) is 7.09. The van der Waals surface area contributed by atoms with Gasteiger partial charge in [0.15, 0.2) is 0 Å². The molecule has 1 aromatic rings. The average molecular weight is 232 g/mol. The van der Waals surface area contributed by atoms with E-state index in [2.05, 4.69) is 23.7 Å². The zero-order chi connectivity index (χ0) is 11.8. The zero-order valence-corrected chi connectivity index (χ0v) is 10.5. The summed E-state index contributed by atoms with van der Waals surface area (Å²) in [6.45, 7) is 5.75. The Hall–Kier alpha value is -1.09. The summed E-state index contributed by atoms with van der Waals surface area (Å²) in [5.74, 6) is 1.48. The third-order valence-electron chi connectivity index (χ3n) is 4.11. The van der Waals surface area contributed by atoms with Crippen molar-refractivity contribution >= 4 is 0 Å². The van der Waals surface area contributed by atoms with E-state index < -0.39 is 0 Å². The minimum atomic E-state index is 0.354. The van der Waals surface area contributed by atoms with Crippen molar-refractivity contribution < 1.29 is 4.74 Å². The van der Waals surface area contributed by atoms with Gasteiger partial charge in [0.2, 0.25) is 5.88 Å². The van der Waals surface area contributed by atoms with Crippen LogP contribution in [0.15, 0.2) is 24.4 Å². The van der Waals surface area contributed by atoms with Gasteiger partial charge in [-0.05, 0) is 32.8 Å². The summed E-state index contributed by atoms with van der Waals surface area (Å²) in [6.07, 6.45) is 4.74. The fourth-order valence-electron chi connectivity index (χ4n) is 3.31. The molecule has 1 saturated heterocycles. The molecule has 3 rings (SSSR count). The maximum atomic E-state index is 6.09. The van der Waals surface area contributed by atoms with Gasteiger partial charge >= 0.3 is 0 Å². The van der Waals surface area contributed by atoms with E-state index in [9.17, 15) is 0 Å². The fraction of sp³-hybridized carbons (Fsp3) is 0.643. The molecule has 0 unspecified atom stereocenters. The highest BCUT2D eigenvalue weighted by atomic mass is 16.5. The van der Waals surface area contributed by atoms with Crippen LogP contribution in [0, 0.1) is 5.92 Å². The van der Waals surface area contributed by atoms with E-state index in [1.54, 1.807) is 6.20 Å². The molecule has 2 heterocycles. The molecule has 0 N–H and O–H groups in total. The highest BCUT2D eigenvalue weighted by Gasteiger charge is 2.49. The lowest BCUT2D eigenvalue weighted by Gasteiger charge is -2.30. The molecule has 0 amide bonds. The fourth-order valence-corrected chi connectivity index (χ4v) is 3.31. The highest BCUT2D eigenvalue weighted by molar-refractivity contribution is 5.12. The van der Waals surface area contributed by atoms with Crippen LogP contribution in [0.3, 0.4) is 0 Å². The van der Waals surface area contributed by atoms with Gasteiger partial charge in [-0.3, -0.25) is 4.90 Å². The Kier molecular flexibility index (Phi) is 2.79. The van der Waals surface area contributed by atoms with Crippen LogP contribution in [0.4, 0.5) is 0 Å². The number of pyridine rings is 1. The Morgan fingerprint density at radius 1 is 1.35 bits per heavy atom. The van der Waals surface area contributed by atoms with Gasteiger partial charge in [0.05, 0.1) is 0 Å². The molecule has 1 aromatic heterocycles. The van der Waals surface area contributed by atoms with Crippen molar-refractivity contribution in [3.63, 3.8) is 0 Å². The Balaban J connectivity index is 1.73. The summed E-state index contributed by atoms with van der Waals surface area (Å²) >= 11 is 0. The van der Waals surface area contributed by atoms with Crippen LogP contribution in [0.25, 0.3) is 0 Å². The van der Waals surface area contributed by atoms with Crippen LogP contribution in [0.5, 0.6) is 5.88 Å². The lowest BCUT2D eigenvalue weighted by atomic mass is 10.1. The van der Waals surface area contributed by atoms with Crippen molar-refractivity contribution in [2.45, 2.75) is 44.9 Å². The topological polar surface area (TPSA) is 25.4 Å². The predicted octanol–water partition coefficient (Wildman–Crippen LogP) is 2.33. The maximum Gasteiger partial charge on any atom is 0.213 e. The average Bonchev–Trinajstić information content (AvgIpc) is 2.88. The molecule has 0 aromatic carbocycles. The highest BCUT2D eigenvalue weighted by Crippen LogP contribution is 2.40. The van der Waals surface area contributed by atoms with Gasteiger partial charge in [0.1, 0.15) is 6.10 Å². The summed E-state index contributed by atoms with van der Waals surface area (Å²) in [4.78, 5) is 6.85. The van der Waals surface area contributed by atoms with Gasteiger partial charge in [-0.15, -0.1) is 0 Å². The van der Waals surface area contributed by atoms with Crippen LogP contribution in [0.1, 0.15) is 26.7 Å². The van der Waals surface area contributed by atoms with E-state index in [4.69, 9.17) is 4.74 Å². The molecule has 1 aliphatic heterocycles. The number of likely N-dealkylation sites (tertiary alicyclic amines) is 1. The standard InChI is InChI=1S/C14H20N2O/c1-10(2)16-9-11-6-7-12(16)14(11)17-13-5-3-4-8-15-13/h3-5,8,10-12,14H,6-7,9H2,1-2H3/t11-,12+,14-/m1/s1. The first-order valence-electron chi connectivity index (χ1n) is 6.59. The molecule has 2 fully saturated rings. The van der Waals surface area contributed by atoms with Crippen LogP contribution < -0.4 is 4.74 Å². The number of nitrogens with zero attached hydrogens (tertiary/aromatic N) is 2. The largest absolute Gasteiger partial charge is 0.472 e. The Bertz CT molecular complexity index is 379. The molecule has 2 aliphatic rings. The van der Waals surface area contributed by atoms with Crippen molar-refractivity contribution in [1.82, 2.24) is 9.88 Å². The predicted molar refractivity (Wildman–Crippen MR) is 67.0 cm³/mol. The van der Waals surface area contributed by atoms with Crippen LogP contribution in [-0.2, 0) is 0 Å². The molecule has 92 valence electrons. The second kappa shape index (κ2) is 4.30. The van der Waals surface area contributed by atoms with Crippen LogP contribution in [-0.4, -0.2) is 34.6 Å². The van der Waals surface area contributed by atoms with E-state index in [-0.39, 0.29) is 0 Å². The number of piperidine rings is 1. The maximum absolute atomic E-state index is 6.09. The van der Waals surface area contributed by atoms with E-state index in [1.807, 2.05) is 18.2 Å². The Morgan fingerprint density at radius 3 is 2.88 bits per heavy atom. The minimum Gasteiger partial charge on any atom is -0.472 e. The molecule has 3 heteroatoms. The molecule has 3 nitrogen and oxygen atoms in total. The van der Waals surface area contributed by atoms with Crippen molar-refractivity contribution in [2.75, 3.05) is 6.54 Å². The summed E-state index contributed by atoms with van der Waals surface area (Å²) in [7, 11) is 0. The van der Waals surface area contributed by atoms with E-state index in [0.717, 1.165) is 5.88 Å². The molecular weight excluding hydrogens is 212 g/mol. The number of hydrogen-bond acceptors (Lipinski definition) is 3. The van der Waals surface area contributed by atoms with Gasteiger partial charge in [-0.2, -0.15) is 0 Å². The number of ether oxygens (including phenoxy) is 1. The third kappa shape index (κ3) is 1.93. The molecule has 0 spiro atoms. The van der Waals surface area contributed by atoms with Crippen molar-refractivity contribution in [3.8, 4) is 5.88 Å². The van der Waals surface area contributed by atoms with Crippen molar-refractivity contribution in [1.29, 1.82) is 0 Å². The molecule has 3 atom stereocenters. The molecule has 2 bridgehead atoms. The first-order chi connectivity index (χ1) is 8.25. The smallest absolute Gasteiger partial charge is 0.213 e. The minimum absolute atomic E-state index is 0.354. The summed E-state index contributed by atoms with van der Waals surface area (Å²) in [5.41, 5.74) is 0. The quantitative estimate of drug-likeness (QED) is 0.799. The van der Waals surface area contributed by atoms with Crippen LogP contribution >= 0.6 is 0 Å². The first-order valence-corrected chi connectivity index (χ1v) is 6.59. The van der Waals surface area contributed by atoms with E-state index in [0.29, 0.717) is 24.1 Å². The molecular formula is C14H20N2O. The van der Waals surface area contributed by atoms with Gasteiger partial charge in [0, 0.05) is 36.8 Å². The number of rotatable bonds is 3. The third-order valence-corrected chi connectivity index (χ3v) is 4.11. The van der Waals surface area contributed by atoms with Gasteiger partial charge in [-0.1, -0.05) is 6.07 Å². The number of aromatic nitrogens is 1. The first kappa shape index (κ1) is 11.0. The SMILES string of the molecule is CC(C)N1C[C@H]2CC[C@H]1[C@@H]2Oc1ccccn1. The second-order valence-corrected chi connectivity index (χ2v) is 5.45. The lowest BCUT2D eigenvalue weighted by molar-refractivity contribution is 0.122. The normalized spacial score (nSPS) is 32.3. The number of hydrogen-bond donors (Lipinski definition) is 0. The molecule has 17 heavy (non-hydrogen) atoms. The van der Waals surface area contributed by atoms with Crippen molar-refractivity contribution in [2.24, 2.45) is 5.92 Å². The van der Waals surface area contributed by atoms with E-state index >= 15 is 0 Å². The second-order valence-electron chi connectivity index (χ2n) is 5.45. The molecule has 1 aliphatic carbocycles.